The van der Waals surface area contributed by atoms with Gasteiger partial charge in [-0.1, -0.05) is 63.0 Å². The molecule has 0 heterocycles. The number of aliphatic hydroxyl groups is 1. The van der Waals surface area contributed by atoms with Gasteiger partial charge in [-0.3, -0.25) is 14.4 Å². The first-order chi connectivity index (χ1) is 14.4. The molecule has 0 fully saturated rings. The molecule has 0 amide bonds. The molecule has 1 aliphatic rings. The van der Waals surface area contributed by atoms with E-state index in [1.807, 2.05) is 30.4 Å². The fourth-order valence-corrected chi connectivity index (χ4v) is 3.47. The summed E-state index contributed by atoms with van der Waals surface area (Å²) in [6.45, 7) is 3.31. The van der Waals surface area contributed by atoms with Crippen LogP contribution in [0.2, 0.25) is 0 Å². The highest BCUT2D eigenvalue weighted by Crippen LogP contribution is 2.27. The second-order valence-electron chi connectivity index (χ2n) is 8.03. The molecule has 0 aromatic rings. The Kier molecular flexibility index (Phi) is 13.7. The van der Waals surface area contributed by atoms with Crippen molar-refractivity contribution < 1.29 is 24.2 Å². The minimum atomic E-state index is -0.442. The molecule has 0 aliphatic heterocycles. The molecule has 5 heteroatoms. The van der Waals surface area contributed by atoms with Crippen molar-refractivity contribution >= 4 is 17.5 Å². The van der Waals surface area contributed by atoms with Gasteiger partial charge in [-0.15, -0.1) is 0 Å². The third-order valence-electron chi connectivity index (χ3n) is 5.29. The molecule has 0 aromatic carbocycles. The van der Waals surface area contributed by atoms with Crippen LogP contribution in [0, 0.1) is 11.8 Å². The van der Waals surface area contributed by atoms with Crippen LogP contribution < -0.4 is 0 Å². The Morgan fingerprint density at radius 3 is 2.70 bits per heavy atom. The summed E-state index contributed by atoms with van der Waals surface area (Å²) in [4.78, 5) is 34.3. The van der Waals surface area contributed by atoms with Crippen LogP contribution in [0.5, 0.6) is 0 Å². The molecular weight excluding hydrogens is 380 g/mol. The van der Waals surface area contributed by atoms with Crippen molar-refractivity contribution in [1.82, 2.24) is 0 Å². The Morgan fingerprint density at radius 1 is 1.17 bits per heavy atom. The highest BCUT2D eigenvalue weighted by molar-refractivity contribution is 5.95. The molecular formula is C25H38O5. The molecule has 30 heavy (non-hydrogen) atoms. The van der Waals surface area contributed by atoms with Gasteiger partial charge in [-0.25, -0.2) is 0 Å². The normalized spacial score (nSPS) is 19.8. The molecule has 1 rings (SSSR count). The van der Waals surface area contributed by atoms with E-state index >= 15 is 0 Å². The van der Waals surface area contributed by atoms with Gasteiger partial charge in [0.15, 0.2) is 11.6 Å². The minimum absolute atomic E-state index is 0.0773. The van der Waals surface area contributed by atoms with Gasteiger partial charge >= 0.3 is 5.97 Å². The van der Waals surface area contributed by atoms with Crippen LogP contribution in [-0.4, -0.2) is 35.4 Å². The van der Waals surface area contributed by atoms with Crippen LogP contribution >= 0.6 is 0 Å². The van der Waals surface area contributed by atoms with Crippen LogP contribution in [0.3, 0.4) is 0 Å². The second kappa shape index (κ2) is 15.8. The van der Waals surface area contributed by atoms with Gasteiger partial charge in [0.2, 0.25) is 0 Å². The number of ether oxygens (including phenoxy) is 1. The Labute approximate surface area is 181 Å². The zero-order valence-corrected chi connectivity index (χ0v) is 18.6. The highest BCUT2D eigenvalue weighted by atomic mass is 16.5. The van der Waals surface area contributed by atoms with Crippen molar-refractivity contribution in [3.05, 3.63) is 36.5 Å². The fraction of sp³-hybridized carbons (Fsp3) is 0.640. The van der Waals surface area contributed by atoms with E-state index in [1.165, 1.54) is 26.2 Å². The van der Waals surface area contributed by atoms with Crippen molar-refractivity contribution in [2.24, 2.45) is 11.8 Å². The number of allylic oxidation sites excluding steroid dienone is 5. The predicted molar refractivity (Wildman–Crippen MR) is 119 cm³/mol. The Morgan fingerprint density at radius 2 is 1.97 bits per heavy atom. The van der Waals surface area contributed by atoms with Crippen LogP contribution in [0.1, 0.15) is 78.1 Å². The lowest BCUT2D eigenvalue weighted by Gasteiger charge is -2.13. The lowest BCUT2D eigenvalue weighted by Crippen LogP contribution is -2.13. The summed E-state index contributed by atoms with van der Waals surface area (Å²) in [7, 11) is 0. The van der Waals surface area contributed by atoms with E-state index < -0.39 is 5.97 Å². The SMILES string of the molecule is CCCCCCC(O)C/C=C/[C@H]1C=CC(=O)[C@@H]1C/C=C\CCCC(=O)COC(C)=O. The van der Waals surface area contributed by atoms with Crippen LogP contribution in [0.15, 0.2) is 36.5 Å². The maximum absolute atomic E-state index is 12.1. The maximum atomic E-state index is 12.1. The second-order valence-corrected chi connectivity index (χ2v) is 8.03. The lowest BCUT2D eigenvalue weighted by atomic mass is 9.90. The number of unbranched alkanes of at least 4 members (excludes halogenated alkanes) is 4. The van der Waals surface area contributed by atoms with Gasteiger partial charge in [-0.2, -0.15) is 0 Å². The van der Waals surface area contributed by atoms with Crippen LogP contribution in [0.25, 0.3) is 0 Å². The van der Waals surface area contributed by atoms with Gasteiger partial charge in [0.1, 0.15) is 6.61 Å². The maximum Gasteiger partial charge on any atom is 0.303 e. The summed E-state index contributed by atoms with van der Waals surface area (Å²) in [6.07, 6.45) is 20.0. The van der Waals surface area contributed by atoms with E-state index in [1.54, 1.807) is 6.08 Å². The molecule has 168 valence electrons. The molecule has 5 nitrogen and oxygen atoms in total. The van der Waals surface area contributed by atoms with E-state index in [0.29, 0.717) is 25.7 Å². The zero-order valence-electron chi connectivity index (χ0n) is 18.6. The first-order valence-corrected chi connectivity index (χ1v) is 11.3. The average Bonchev–Trinajstić information content (AvgIpc) is 3.06. The summed E-state index contributed by atoms with van der Waals surface area (Å²) in [5.74, 6) is -0.370. The van der Waals surface area contributed by atoms with Crippen LogP contribution in [0.4, 0.5) is 0 Å². The molecule has 0 saturated carbocycles. The minimum Gasteiger partial charge on any atom is -0.458 e. The van der Waals surface area contributed by atoms with Gasteiger partial charge in [0.25, 0.3) is 0 Å². The molecule has 0 spiro atoms. The van der Waals surface area contributed by atoms with E-state index in [0.717, 1.165) is 19.3 Å². The number of aliphatic hydroxyl groups excluding tert-OH is 1. The van der Waals surface area contributed by atoms with Crippen molar-refractivity contribution in [1.29, 1.82) is 0 Å². The van der Waals surface area contributed by atoms with E-state index in [2.05, 4.69) is 11.7 Å². The smallest absolute Gasteiger partial charge is 0.303 e. The van der Waals surface area contributed by atoms with Gasteiger partial charge in [0, 0.05) is 25.2 Å². The van der Waals surface area contributed by atoms with E-state index in [4.69, 9.17) is 0 Å². The number of esters is 1. The zero-order chi connectivity index (χ0) is 22.2. The number of hydrogen-bond acceptors (Lipinski definition) is 5. The predicted octanol–water partition coefficient (Wildman–Crippen LogP) is 4.88. The van der Waals surface area contributed by atoms with Crippen molar-refractivity contribution in [3.8, 4) is 0 Å². The highest BCUT2D eigenvalue weighted by Gasteiger charge is 2.26. The largest absolute Gasteiger partial charge is 0.458 e. The van der Waals surface area contributed by atoms with Crippen molar-refractivity contribution in [3.63, 3.8) is 0 Å². The number of carbonyl (C=O) groups is 3. The number of Topliss-reactive ketones (excluding diaryl/α,β-unsaturated/α-hetero) is 1. The molecule has 1 aliphatic carbocycles. The fourth-order valence-electron chi connectivity index (χ4n) is 3.47. The summed E-state index contributed by atoms with van der Waals surface area (Å²) < 4.78 is 4.68. The van der Waals surface area contributed by atoms with Crippen LogP contribution in [-0.2, 0) is 19.1 Å². The first-order valence-electron chi connectivity index (χ1n) is 11.3. The molecule has 1 unspecified atom stereocenters. The number of hydrogen-bond donors (Lipinski definition) is 1. The van der Waals surface area contributed by atoms with Gasteiger partial charge in [0.05, 0.1) is 6.10 Å². The lowest BCUT2D eigenvalue weighted by molar-refractivity contribution is -0.145. The molecule has 1 N–H and O–H groups in total. The van der Waals surface area contributed by atoms with Crippen molar-refractivity contribution in [2.75, 3.05) is 6.61 Å². The van der Waals surface area contributed by atoms with E-state index in [-0.39, 0.29) is 36.1 Å². The quantitative estimate of drug-likeness (QED) is 0.219. The summed E-state index contributed by atoms with van der Waals surface area (Å²) in [6, 6.07) is 0. The number of ketones is 2. The standard InChI is InChI=1S/C25H38O5/c1-3-4-5-8-13-22(27)15-11-12-21-17-18-25(29)24(21)16-10-7-6-9-14-23(28)19-30-20(2)26/h7,10-12,17-18,21-22,24,27H,3-6,8-9,13-16,19H2,1-2H3/b10-7-,12-11+/t21-,22?,24+/m0/s1. The van der Waals surface area contributed by atoms with E-state index in [9.17, 15) is 19.5 Å². The summed E-state index contributed by atoms with van der Waals surface area (Å²) in [5, 5.41) is 10.1. The molecule has 0 saturated heterocycles. The average molecular weight is 419 g/mol. The van der Waals surface area contributed by atoms with Gasteiger partial charge in [-0.05, 0) is 38.2 Å². The Hall–Kier alpha value is -2.01. The number of rotatable bonds is 16. The Balaban J connectivity index is 2.27. The molecule has 0 radical (unpaired) electrons. The number of carbonyl (C=O) groups excluding carboxylic acids is 3. The Bertz CT molecular complexity index is 617. The molecule has 0 aromatic heterocycles. The molecule has 0 bridgehead atoms. The third-order valence-corrected chi connectivity index (χ3v) is 5.29. The van der Waals surface area contributed by atoms with Crippen molar-refractivity contribution in [2.45, 2.75) is 84.2 Å². The third kappa shape index (κ3) is 11.9. The monoisotopic (exact) mass is 418 g/mol. The topological polar surface area (TPSA) is 80.7 Å². The summed E-state index contributed by atoms with van der Waals surface area (Å²) >= 11 is 0. The summed E-state index contributed by atoms with van der Waals surface area (Å²) in [5.41, 5.74) is 0. The molecule has 3 atom stereocenters. The van der Waals surface area contributed by atoms with Gasteiger partial charge < -0.3 is 9.84 Å². The first kappa shape index (κ1) is 26.0.